The van der Waals surface area contributed by atoms with Crippen LogP contribution < -0.4 is 0 Å². The lowest BCUT2D eigenvalue weighted by atomic mass is 10.1. The number of hydrogen-bond donors (Lipinski definition) is 0. The first-order valence-electron chi connectivity index (χ1n) is 7.65. The minimum absolute atomic E-state index is 0.0524. The molecular formula is C17H26ClNO4S. The van der Waals surface area contributed by atoms with Gasteiger partial charge in [0.25, 0.3) is 0 Å². The van der Waals surface area contributed by atoms with Gasteiger partial charge in [0.05, 0.1) is 4.90 Å². The summed E-state index contributed by atoms with van der Waals surface area (Å²) in [6.45, 7) is 11.8. The Hall–Kier alpha value is -1.11. The van der Waals surface area contributed by atoms with Crippen molar-refractivity contribution in [3.8, 4) is 0 Å². The average molecular weight is 376 g/mol. The fourth-order valence-corrected chi connectivity index (χ4v) is 4.04. The molecule has 0 radical (unpaired) electrons. The van der Waals surface area contributed by atoms with Crippen LogP contribution in [0, 0.1) is 6.92 Å². The van der Waals surface area contributed by atoms with Crippen molar-refractivity contribution in [3.05, 3.63) is 28.8 Å². The largest absolute Gasteiger partial charge is 0.459 e. The normalized spacial score (nSPS) is 13.2. The molecule has 0 bridgehead atoms. The summed E-state index contributed by atoms with van der Waals surface area (Å²) >= 11 is 6.06. The van der Waals surface area contributed by atoms with Gasteiger partial charge in [-0.25, -0.2) is 8.42 Å². The number of carbonyl (C=O) groups excluding carboxylic acids is 1. The van der Waals surface area contributed by atoms with Crippen LogP contribution in [0.25, 0.3) is 0 Å². The maximum atomic E-state index is 13.0. The van der Waals surface area contributed by atoms with Gasteiger partial charge in [-0.1, -0.05) is 17.7 Å². The molecular weight excluding hydrogens is 350 g/mol. The van der Waals surface area contributed by atoms with Gasteiger partial charge >= 0.3 is 5.97 Å². The lowest BCUT2D eigenvalue weighted by Crippen LogP contribution is -2.49. The van der Waals surface area contributed by atoms with Crippen molar-refractivity contribution in [2.45, 2.75) is 64.5 Å². The number of nitrogens with zero attached hydrogens (tertiary/aromatic N) is 1. The first-order valence-corrected chi connectivity index (χ1v) is 9.47. The van der Waals surface area contributed by atoms with Gasteiger partial charge in [0.15, 0.2) is 0 Å². The molecule has 0 aliphatic carbocycles. The SMILES string of the molecule is Cc1ccc(S(=O)(=O)N(CC(=O)OC(C)(C)C)C(C)(C)C)cc1Cl. The van der Waals surface area contributed by atoms with Crippen molar-refractivity contribution >= 4 is 27.6 Å². The highest BCUT2D eigenvalue weighted by atomic mass is 35.5. The van der Waals surface area contributed by atoms with Crippen LogP contribution in [-0.4, -0.2) is 36.4 Å². The van der Waals surface area contributed by atoms with E-state index in [1.165, 1.54) is 12.1 Å². The van der Waals surface area contributed by atoms with E-state index in [0.717, 1.165) is 9.87 Å². The summed E-state index contributed by atoms with van der Waals surface area (Å²) in [6, 6.07) is 4.54. The predicted octanol–water partition coefficient (Wildman–Crippen LogP) is 3.78. The van der Waals surface area contributed by atoms with E-state index in [1.54, 1.807) is 54.5 Å². The molecule has 0 aliphatic heterocycles. The molecule has 0 unspecified atom stereocenters. The lowest BCUT2D eigenvalue weighted by molar-refractivity contribution is -0.155. The van der Waals surface area contributed by atoms with Gasteiger partial charge in [-0.2, -0.15) is 4.31 Å². The quantitative estimate of drug-likeness (QED) is 0.751. The smallest absolute Gasteiger partial charge is 0.321 e. The molecule has 7 heteroatoms. The van der Waals surface area contributed by atoms with Crippen molar-refractivity contribution < 1.29 is 17.9 Å². The third-order valence-corrected chi connectivity index (χ3v) is 5.69. The van der Waals surface area contributed by atoms with E-state index in [9.17, 15) is 13.2 Å². The van der Waals surface area contributed by atoms with Crippen LogP contribution in [0.4, 0.5) is 0 Å². The number of hydrogen-bond acceptors (Lipinski definition) is 4. The summed E-state index contributed by atoms with van der Waals surface area (Å²) in [4.78, 5) is 12.2. The van der Waals surface area contributed by atoms with E-state index in [0.29, 0.717) is 5.02 Å². The molecule has 1 rings (SSSR count). The Balaban J connectivity index is 3.25. The summed E-state index contributed by atoms with van der Waals surface area (Å²) in [5.41, 5.74) is -0.699. The average Bonchev–Trinajstić information content (AvgIpc) is 2.35. The van der Waals surface area contributed by atoms with Gasteiger partial charge < -0.3 is 4.74 Å². The molecule has 0 saturated heterocycles. The van der Waals surface area contributed by atoms with Crippen LogP contribution in [0.2, 0.25) is 5.02 Å². The molecule has 0 aliphatic rings. The topological polar surface area (TPSA) is 63.7 Å². The molecule has 136 valence electrons. The van der Waals surface area contributed by atoms with Crippen molar-refractivity contribution in [2.24, 2.45) is 0 Å². The Kier molecular flexibility index (Phi) is 6.12. The number of esters is 1. The van der Waals surface area contributed by atoms with Crippen molar-refractivity contribution in [3.63, 3.8) is 0 Å². The van der Waals surface area contributed by atoms with E-state index in [-0.39, 0.29) is 11.4 Å². The highest BCUT2D eigenvalue weighted by Gasteiger charge is 2.37. The summed E-state index contributed by atoms with van der Waals surface area (Å²) in [5.74, 6) is -0.598. The van der Waals surface area contributed by atoms with Crippen molar-refractivity contribution in [1.82, 2.24) is 4.31 Å². The second-order valence-electron chi connectivity index (χ2n) is 7.68. The molecule has 0 N–H and O–H groups in total. The molecule has 0 saturated carbocycles. The minimum atomic E-state index is -3.90. The highest BCUT2D eigenvalue weighted by molar-refractivity contribution is 7.89. The van der Waals surface area contributed by atoms with Crippen LogP contribution in [0.1, 0.15) is 47.1 Å². The van der Waals surface area contributed by atoms with Gasteiger partial charge in [-0.15, -0.1) is 0 Å². The van der Waals surface area contributed by atoms with E-state index in [2.05, 4.69) is 0 Å². The Morgan fingerprint density at radius 2 is 1.71 bits per heavy atom. The van der Waals surface area contributed by atoms with Gasteiger partial charge in [0.2, 0.25) is 10.0 Å². The Bertz CT molecular complexity index is 715. The first kappa shape index (κ1) is 20.9. The zero-order valence-corrected chi connectivity index (χ0v) is 16.9. The number of rotatable bonds is 4. The number of carbonyl (C=O) groups is 1. The van der Waals surface area contributed by atoms with Crippen LogP contribution >= 0.6 is 11.6 Å². The van der Waals surface area contributed by atoms with Gasteiger partial charge in [0, 0.05) is 10.6 Å². The first-order chi connectivity index (χ1) is 10.6. The molecule has 0 heterocycles. The Morgan fingerprint density at radius 3 is 2.12 bits per heavy atom. The lowest BCUT2D eigenvalue weighted by Gasteiger charge is -2.34. The van der Waals surface area contributed by atoms with Crippen molar-refractivity contribution in [1.29, 1.82) is 0 Å². The molecule has 0 spiro atoms. The fourth-order valence-electron chi connectivity index (χ4n) is 2.04. The number of sulfonamides is 1. The monoisotopic (exact) mass is 375 g/mol. The van der Waals surface area contributed by atoms with E-state index < -0.39 is 27.1 Å². The molecule has 24 heavy (non-hydrogen) atoms. The second kappa shape index (κ2) is 7.02. The van der Waals surface area contributed by atoms with Gasteiger partial charge in [-0.05, 0) is 66.2 Å². The standard InChI is InChI=1S/C17H26ClNO4S/c1-12-8-9-13(10-14(12)18)24(21,22)19(16(2,3)4)11-15(20)23-17(5,6)7/h8-10H,11H2,1-7H3. The molecule has 0 amide bonds. The zero-order chi connectivity index (χ0) is 18.9. The Morgan fingerprint density at radius 1 is 1.17 bits per heavy atom. The number of ether oxygens (including phenoxy) is 1. The number of benzene rings is 1. The molecule has 1 aromatic rings. The maximum absolute atomic E-state index is 13.0. The van der Waals surface area contributed by atoms with Crippen LogP contribution in [0.15, 0.2) is 23.1 Å². The third-order valence-electron chi connectivity index (χ3n) is 3.17. The van der Waals surface area contributed by atoms with Gasteiger partial charge in [0.1, 0.15) is 12.1 Å². The molecule has 0 aromatic heterocycles. The van der Waals surface area contributed by atoms with E-state index >= 15 is 0 Å². The fraction of sp³-hybridized carbons (Fsp3) is 0.588. The van der Waals surface area contributed by atoms with Crippen LogP contribution in [-0.2, 0) is 19.6 Å². The predicted molar refractivity (Wildman–Crippen MR) is 95.7 cm³/mol. The van der Waals surface area contributed by atoms with Crippen LogP contribution in [0.5, 0.6) is 0 Å². The van der Waals surface area contributed by atoms with E-state index in [4.69, 9.17) is 16.3 Å². The highest BCUT2D eigenvalue weighted by Crippen LogP contribution is 2.27. The third kappa shape index (κ3) is 5.46. The summed E-state index contributed by atoms with van der Waals surface area (Å²) in [7, 11) is -3.90. The van der Waals surface area contributed by atoms with Crippen molar-refractivity contribution in [2.75, 3.05) is 6.54 Å². The van der Waals surface area contributed by atoms with E-state index in [1.807, 2.05) is 0 Å². The second-order valence-corrected chi connectivity index (χ2v) is 9.95. The number of halogens is 1. The maximum Gasteiger partial charge on any atom is 0.321 e. The summed E-state index contributed by atoms with van der Waals surface area (Å²) < 4.78 is 32.4. The molecule has 5 nitrogen and oxygen atoms in total. The van der Waals surface area contributed by atoms with Crippen LogP contribution in [0.3, 0.4) is 0 Å². The summed E-state index contributed by atoms with van der Waals surface area (Å²) in [6.07, 6.45) is 0. The molecule has 0 atom stereocenters. The summed E-state index contributed by atoms with van der Waals surface area (Å²) in [5, 5.41) is 0.363. The number of aryl methyl sites for hydroxylation is 1. The molecule has 0 fully saturated rings. The minimum Gasteiger partial charge on any atom is -0.459 e. The van der Waals surface area contributed by atoms with Gasteiger partial charge in [-0.3, -0.25) is 4.79 Å². The Labute approximate surface area is 150 Å². The molecule has 1 aromatic carbocycles. The zero-order valence-electron chi connectivity index (χ0n) is 15.3.